The van der Waals surface area contributed by atoms with Crippen LogP contribution in [-0.2, 0) is 16.1 Å². The fourth-order valence-electron chi connectivity index (χ4n) is 1.88. The van der Waals surface area contributed by atoms with Gasteiger partial charge in [-0.25, -0.2) is 0 Å². The van der Waals surface area contributed by atoms with Crippen molar-refractivity contribution >= 4 is 45.2 Å². The average Bonchev–Trinajstić information content (AvgIpc) is 2.37. The maximum atomic E-state index is 10.1. The second kappa shape index (κ2) is 10.2. The molecule has 0 aliphatic rings. The molecule has 1 aromatic rings. The van der Waals surface area contributed by atoms with Crippen molar-refractivity contribution in [1.29, 1.82) is 0 Å². The van der Waals surface area contributed by atoms with E-state index < -0.39 is 11.9 Å². The van der Waals surface area contributed by atoms with Crippen molar-refractivity contribution in [3.8, 4) is 0 Å². The Bertz CT molecular complexity index is 453. The molecular formula is C16H22I2O4. The van der Waals surface area contributed by atoms with E-state index in [2.05, 4.69) is 45.2 Å². The fraction of sp³-hybridized carbons (Fsp3) is 0.500. The zero-order valence-electron chi connectivity index (χ0n) is 12.7. The van der Waals surface area contributed by atoms with Crippen LogP contribution >= 0.6 is 45.2 Å². The highest BCUT2D eigenvalue weighted by Gasteiger charge is 2.22. The number of aliphatic hydroxyl groups excluding tert-OH is 1. The lowest BCUT2D eigenvalue weighted by atomic mass is 10.1. The molecule has 0 saturated heterocycles. The van der Waals surface area contributed by atoms with Crippen LogP contribution in [0.3, 0.4) is 0 Å². The SMILES string of the molecule is CC(C)(O)OC(C=C(I)I)CC(O)COCc1ccccc1. The lowest BCUT2D eigenvalue weighted by Crippen LogP contribution is -2.32. The van der Waals surface area contributed by atoms with Gasteiger partial charge < -0.3 is 19.7 Å². The van der Waals surface area contributed by atoms with Crippen LogP contribution in [0.1, 0.15) is 25.8 Å². The summed E-state index contributed by atoms with van der Waals surface area (Å²) in [6.07, 6.45) is 1.23. The Labute approximate surface area is 159 Å². The van der Waals surface area contributed by atoms with Crippen molar-refractivity contribution in [2.75, 3.05) is 6.61 Å². The fourth-order valence-corrected chi connectivity index (χ4v) is 2.69. The van der Waals surface area contributed by atoms with Gasteiger partial charge in [-0.3, -0.25) is 0 Å². The van der Waals surface area contributed by atoms with Crippen molar-refractivity contribution in [1.82, 2.24) is 0 Å². The van der Waals surface area contributed by atoms with Crippen molar-refractivity contribution < 1.29 is 19.7 Å². The Kier molecular flexibility index (Phi) is 9.41. The molecule has 0 bridgehead atoms. The van der Waals surface area contributed by atoms with Gasteiger partial charge in [0.25, 0.3) is 0 Å². The molecule has 124 valence electrons. The van der Waals surface area contributed by atoms with E-state index in [4.69, 9.17) is 9.47 Å². The van der Waals surface area contributed by atoms with Gasteiger partial charge in [0, 0.05) is 8.01 Å². The minimum Gasteiger partial charge on any atom is -0.391 e. The number of halogens is 2. The summed E-state index contributed by atoms with van der Waals surface area (Å²) >= 11 is 4.33. The van der Waals surface area contributed by atoms with E-state index >= 15 is 0 Å². The van der Waals surface area contributed by atoms with Crippen LogP contribution in [0.2, 0.25) is 0 Å². The van der Waals surface area contributed by atoms with E-state index in [9.17, 15) is 10.2 Å². The van der Waals surface area contributed by atoms with Gasteiger partial charge in [0.2, 0.25) is 0 Å². The lowest BCUT2D eigenvalue weighted by molar-refractivity contribution is -0.200. The largest absolute Gasteiger partial charge is 0.391 e. The Morgan fingerprint density at radius 3 is 2.45 bits per heavy atom. The lowest BCUT2D eigenvalue weighted by Gasteiger charge is -2.26. The molecule has 0 aromatic heterocycles. The first-order valence-electron chi connectivity index (χ1n) is 6.99. The zero-order valence-corrected chi connectivity index (χ0v) is 17.0. The van der Waals surface area contributed by atoms with Crippen LogP contribution in [0, 0.1) is 0 Å². The van der Waals surface area contributed by atoms with E-state index in [1.165, 1.54) is 0 Å². The summed E-state index contributed by atoms with van der Waals surface area (Å²) in [5, 5.41) is 19.9. The molecule has 22 heavy (non-hydrogen) atoms. The minimum absolute atomic E-state index is 0.228. The van der Waals surface area contributed by atoms with E-state index in [-0.39, 0.29) is 12.7 Å². The Morgan fingerprint density at radius 2 is 1.91 bits per heavy atom. The molecule has 0 aliphatic heterocycles. The first-order chi connectivity index (χ1) is 10.3. The maximum Gasteiger partial charge on any atom is 0.160 e. The molecule has 6 heteroatoms. The summed E-state index contributed by atoms with van der Waals surface area (Å²) in [4.78, 5) is 0. The first kappa shape index (κ1) is 20.3. The standard InChI is InChI=1S/C16H22I2O4/c1-16(2,20)22-14(9-15(17)18)8-13(19)11-21-10-12-6-4-3-5-7-12/h3-7,9,13-14,19-20H,8,10-11H2,1-2H3. The summed E-state index contributed by atoms with van der Waals surface area (Å²) < 4.78 is 12.1. The van der Waals surface area contributed by atoms with Gasteiger partial charge in [-0.15, -0.1) is 0 Å². The monoisotopic (exact) mass is 532 g/mol. The first-order valence-corrected chi connectivity index (χ1v) is 9.15. The molecule has 4 nitrogen and oxygen atoms in total. The summed E-state index contributed by atoms with van der Waals surface area (Å²) in [7, 11) is 0. The Balaban J connectivity index is 2.42. The van der Waals surface area contributed by atoms with E-state index in [0.29, 0.717) is 13.0 Å². The molecule has 0 saturated carbocycles. The van der Waals surface area contributed by atoms with Gasteiger partial charge in [-0.05, 0) is 70.7 Å². The second-order valence-corrected chi connectivity index (χ2v) is 9.84. The van der Waals surface area contributed by atoms with Gasteiger partial charge in [-0.2, -0.15) is 0 Å². The van der Waals surface area contributed by atoms with Gasteiger partial charge >= 0.3 is 0 Å². The number of hydrogen-bond donors (Lipinski definition) is 2. The third-order valence-corrected chi connectivity index (χ3v) is 3.40. The summed E-state index contributed by atoms with van der Waals surface area (Å²) in [6, 6.07) is 9.82. The van der Waals surface area contributed by atoms with E-state index in [1.807, 2.05) is 36.4 Å². The summed E-state index contributed by atoms with van der Waals surface area (Å²) in [5.41, 5.74) is 1.07. The number of hydrogen-bond acceptors (Lipinski definition) is 4. The molecule has 0 heterocycles. The molecule has 1 aromatic carbocycles. The van der Waals surface area contributed by atoms with Crippen LogP contribution < -0.4 is 0 Å². The summed E-state index contributed by atoms with van der Waals surface area (Å²) in [5.74, 6) is -1.24. The Morgan fingerprint density at radius 1 is 1.27 bits per heavy atom. The second-order valence-electron chi connectivity index (χ2n) is 5.45. The highest BCUT2D eigenvalue weighted by Crippen LogP contribution is 2.21. The van der Waals surface area contributed by atoms with Gasteiger partial charge in [0.1, 0.15) is 0 Å². The maximum absolute atomic E-state index is 10.1. The molecule has 1 rings (SSSR count). The molecular weight excluding hydrogens is 510 g/mol. The van der Waals surface area contributed by atoms with Gasteiger partial charge in [0.15, 0.2) is 5.79 Å². The van der Waals surface area contributed by atoms with Crippen molar-refractivity contribution in [2.24, 2.45) is 0 Å². The number of benzene rings is 1. The summed E-state index contributed by atoms with van der Waals surface area (Å²) in [6.45, 7) is 3.85. The van der Waals surface area contributed by atoms with Gasteiger partial charge in [-0.1, -0.05) is 30.3 Å². The molecule has 0 radical (unpaired) electrons. The predicted octanol–water partition coefficient (Wildman–Crippen LogP) is 3.78. The molecule has 0 amide bonds. The van der Waals surface area contributed by atoms with Crippen molar-refractivity contribution in [2.45, 2.75) is 44.9 Å². The predicted molar refractivity (Wildman–Crippen MR) is 104 cm³/mol. The third kappa shape index (κ3) is 10.1. The molecule has 0 fully saturated rings. The van der Waals surface area contributed by atoms with Crippen LogP contribution in [-0.4, -0.2) is 34.8 Å². The quantitative estimate of drug-likeness (QED) is 0.376. The highest BCUT2D eigenvalue weighted by molar-refractivity contribution is 14.2. The van der Waals surface area contributed by atoms with Gasteiger partial charge in [0.05, 0.1) is 25.4 Å². The molecule has 2 atom stereocenters. The number of ether oxygens (including phenoxy) is 2. The van der Waals surface area contributed by atoms with Crippen LogP contribution in [0.25, 0.3) is 0 Å². The van der Waals surface area contributed by atoms with Crippen molar-refractivity contribution in [3.63, 3.8) is 0 Å². The van der Waals surface area contributed by atoms with E-state index in [0.717, 1.165) is 7.15 Å². The third-order valence-electron chi connectivity index (χ3n) is 2.68. The normalized spacial score (nSPS) is 14.5. The topological polar surface area (TPSA) is 58.9 Å². The molecule has 0 aliphatic carbocycles. The smallest absolute Gasteiger partial charge is 0.160 e. The number of rotatable bonds is 9. The molecule has 2 N–H and O–H groups in total. The molecule has 0 spiro atoms. The van der Waals surface area contributed by atoms with Crippen LogP contribution in [0.4, 0.5) is 0 Å². The minimum atomic E-state index is -1.24. The zero-order chi connectivity index (χ0) is 16.6. The van der Waals surface area contributed by atoms with Crippen LogP contribution in [0.15, 0.2) is 38.0 Å². The molecule has 2 unspecified atom stereocenters. The highest BCUT2D eigenvalue weighted by atomic mass is 127. The van der Waals surface area contributed by atoms with E-state index in [1.54, 1.807) is 13.8 Å². The van der Waals surface area contributed by atoms with Crippen LogP contribution in [0.5, 0.6) is 0 Å². The average molecular weight is 532 g/mol. The number of aliphatic hydroxyl groups is 2. The Hall–Kier alpha value is 0.260. The van der Waals surface area contributed by atoms with Crippen molar-refractivity contribution in [3.05, 3.63) is 43.6 Å².